The highest BCUT2D eigenvalue weighted by molar-refractivity contribution is 7.89. The quantitative estimate of drug-likeness (QED) is 0.638. The summed E-state index contributed by atoms with van der Waals surface area (Å²) in [7, 11) is -3.60. The van der Waals surface area contributed by atoms with Gasteiger partial charge < -0.3 is 10.6 Å². The summed E-state index contributed by atoms with van der Waals surface area (Å²) in [5, 5.41) is 6.23. The number of amides is 1. The van der Waals surface area contributed by atoms with Gasteiger partial charge >= 0.3 is 0 Å². The van der Waals surface area contributed by atoms with Gasteiger partial charge in [0.25, 0.3) is 5.91 Å². The van der Waals surface area contributed by atoms with Crippen molar-refractivity contribution in [2.75, 3.05) is 19.6 Å². The third kappa shape index (κ3) is 5.91. The van der Waals surface area contributed by atoms with Gasteiger partial charge in [0.05, 0.1) is 4.90 Å². The van der Waals surface area contributed by atoms with Crippen molar-refractivity contribution in [3.63, 3.8) is 0 Å². The zero-order valence-corrected chi connectivity index (χ0v) is 17.4. The molecular weight excluding hydrogens is 386 g/mol. The molecule has 27 heavy (non-hydrogen) atoms. The number of halogens is 1. The van der Waals surface area contributed by atoms with Crippen LogP contribution in [0.3, 0.4) is 0 Å². The minimum Gasteiger partial charge on any atom is -0.352 e. The molecule has 1 aromatic rings. The summed E-state index contributed by atoms with van der Waals surface area (Å²) in [6.07, 6.45) is 5.98. The van der Waals surface area contributed by atoms with Crippen molar-refractivity contribution in [2.45, 2.75) is 56.4 Å². The number of hydrogen-bond acceptors (Lipinski definition) is 4. The largest absolute Gasteiger partial charge is 0.352 e. The van der Waals surface area contributed by atoms with E-state index in [-0.39, 0.29) is 29.3 Å². The minimum absolute atomic E-state index is 0. The Bertz CT molecular complexity index is 743. The van der Waals surface area contributed by atoms with Crippen molar-refractivity contribution >= 4 is 28.3 Å². The first-order chi connectivity index (χ1) is 12.5. The lowest BCUT2D eigenvalue weighted by Gasteiger charge is -2.15. The van der Waals surface area contributed by atoms with Crippen LogP contribution in [0.1, 0.15) is 54.4 Å². The van der Waals surface area contributed by atoms with Crippen LogP contribution in [0, 0.1) is 12.8 Å². The molecule has 1 saturated carbocycles. The summed E-state index contributed by atoms with van der Waals surface area (Å²) in [5.74, 6) is 0.396. The van der Waals surface area contributed by atoms with E-state index in [1.165, 1.54) is 6.07 Å². The average molecular weight is 416 g/mol. The second-order valence-electron chi connectivity index (χ2n) is 7.49. The fraction of sp³-hybridized carbons (Fsp3) is 0.632. The fourth-order valence-corrected chi connectivity index (χ4v) is 5.39. The Labute approximate surface area is 168 Å². The van der Waals surface area contributed by atoms with E-state index in [9.17, 15) is 13.2 Å². The number of aryl methyl sites for hydroxylation is 1. The molecule has 2 fully saturated rings. The van der Waals surface area contributed by atoms with E-state index < -0.39 is 10.0 Å². The topological polar surface area (TPSA) is 87.3 Å². The van der Waals surface area contributed by atoms with Crippen LogP contribution in [0.2, 0.25) is 0 Å². The second-order valence-corrected chi connectivity index (χ2v) is 9.17. The van der Waals surface area contributed by atoms with Crippen molar-refractivity contribution < 1.29 is 13.2 Å². The molecule has 152 valence electrons. The van der Waals surface area contributed by atoms with Crippen LogP contribution >= 0.6 is 12.4 Å². The van der Waals surface area contributed by atoms with Gasteiger partial charge in [-0.05, 0) is 69.3 Å². The van der Waals surface area contributed by atoms with E-state index in [1.807, 2.05) is 0 Å². The fourth-order valence-electron chi connectivity index (χ4n) is 3.81. The zero-order valence-electron chi connectivity index (χ0n) is 15.8. The molecular formula is C19H30ClN3O3S. The van der Waals surface area contributed by atoms with Crippen molar-refractivity contribution in [3.05, 3.63) is 29.3 Å². The summed E-state index contributed by atoms with van der Waals surface area (Å²) in [4.78, 5) is 12.6. The van der Waals surface area contributed by atoms with Gasteiger partial charge in [0.15, 0.2) is 0 Å². The predicted octanol–water partition coefficient (Wildman–Crippen LogP) is 2.37. The smallest absolute Gasteiger partial charge is 0.251 e. The van der Waals surface area contributed by atoms with Crippen molar-refractivity contribution in [1.29, 1.82) is 0 Å². The molecule has 1 aliphatic carbocycles. The van der Waals surface area contributed by atoms with E-state index in [2.05, 4.69) is 15.4 Å². The maximum atomic E-state index is 12.7. The van der Waals surface area contributed by atoms with E-state index in [0.717, 1.165) is 51.6 Å². The predicted molar refractivity (Wildman–Crippen MR) is 109 cm³/mol. The van der Waals surface area contributed by atoms with E-state index in [4.69, 9.17) is 0 Å². The Morgan fingerprint density at radius 1 is 1.22 bits per heavy atom. The van der Waals surface area contributed by atoms with Gasteiger partial charge in [0.2, 0.25) is 10.0 Å². The molecule has 1 unspecified atom stereocenters. The Balaban J connectivity index is 0.00000261. The highest BCUT2D eigenvalue weighted by Crippen LogP contribution is 2.22. The third-order valence-electron chi connectivity index (χ3n) is 5.42. The van der Waals surface area contributed by atoms with Gasteiger partial charge in [-0.25, -0.2) is 13.1 Å². The van der Waals surface area contributed by atoms with Gasteiger partial charge in [-0.1, -0.05) is 18.9 Å². The lowest BCUT2D eigenvalue weighted by atomic mass is 10.1. The second kappa shape index (κ2) is 9.87. The maximum Gasteiger partial charge on any atom is 0.251 e. The van der Waals surface area contributed by atoms with Crippen LogP contribution in [-0.4, -0.2) is 40.0 Å². The third-order valence-corrected chi connectivity index (χ3v) is 7.08. The molecule has 3 rings (SSSR count). The number of rotatable bonds is 7. The summed E-state index contributed by atoms with van der Waals surface area (Å²) in [5.41, 5.74) is 1.05. The van der Waals surface area contributed by atoms with Crippen LogP contribution in [-0.2, 0) is 10.0 Å². The Hall–Kier alpha value is -1.15. The van der Waals surface area contributed by atoms with Crippen molar-refractivity contribution in [2.24, 2.45) is 5.92 Å². The summed E-state index contributed by atoms with van der Waals surface area (Å²) < 4.78 is 28.2. The van der Waals surface area contributed by atoms with Crippen LogP contribution in [0.25, 0.3) is 0 Å². The van der Waals surface area contributed by atoms with E-state index >= 15 is 0 Å². The number of carbonyl (C=O) groups is 1. The SMILES string of the molecule is Cc1ccc(C(=O)NCCC2CCNC2)cc1S(=O)(=O)NC1CCCC1.Cl. The minimum atomic E-state index is -3.60. The number of hydrogen-bond donors (Lipinski definition) is 3. The molecule has 0 bridgehead atoms. The number of sulfonamides is 1. The molecule has 1 heterocycles. The molecule has 0 spiro atoms. The van der Waals surface area contributed by atoms with Crippen molar-refractivity contribution in [1.82, 2.24) is 15.4 Å². The van der Waals surface area contributed by atoms with Crippen LogP contribution in [0.5, 0.6) is 0 Å². The number of benzene rings is 1. The van der Waals surface area contributed by atoms with E-state index in [0.29, 0.717) is 23.6 Å². The van der Waals surface area contributed by atoms with Gasteiger partial charge in [-0.3, -0.25) is 4.79 Å². The molecule has 3 N–H and O–H groups in total. The number of nitrogens with one attached hydrogen (secondary N) is 3. The first-order valence-corrected chi connectivity index (χ1v) is 11.1. The van der Waals surface area contributed by atoms with E-state index in [1.54, 1.807) is 19.1 Å². The summed E-state index contributed by atoms with van der Waals surface area (Å²) in [6, 6.07) is 4.91. The van der Waals surface area contributed by atoms with Crippen LogP contribution in [0.15, 0.2) is 23.1 Å². The standard InChI is InChI=1S/C19H29N3O3S.ClH/c1-14-6-7-16(19(23)21-11-9-15-8-10-20-13-15)12-18(14)26(24,25)22-17-4-2-3-5-17;/h6-7,12,15,17,20,22H,2-5,8-11,13H2,1H3,(H,21,23);1H. The normalized spacial score (nSPS) is 20.4. The van der Waals surface area contributed by atoms with Gasteiger partial charge in [0.1, 0.15) is 0 Å². The first-order valence-electron chi connectivity index (χ1n) is 9.57. The molecule has 0 aromatic heterocycles. The Kier molecular flexibility index (Phi) is 8.09. The lowest BCUT2D eigenvalue weighted by molar-refractivity contribution is 0.0951. The van der Waals surface area contributed by atoms with Crippen molar-refractivity contribution in [3.8, 4) is 0 Å². The number of carbonyl (C=O) groups excluding carboxylic acids is 1. The molecule has 2 aliphatic rings. The Morgan fingerprint density at radius 2 is 1.96 bits per heavy atom. The first kappa shape index (κ1) is 22.1. The molecule has 1 aromatic carbocycles. The molecule has 0 radical (unpaired) electrons. The highest BCUT2D eigenvalue weighted by atomic mass is 35.5. The molecule has 1 amide bonds. The molecule has 6 nitrogen and oxygen atoms in total. The van der Waals surface area contributed by atoms with Gasteiger partial charge in [-0.15, -0.1) is 12.4 Å². The molecule has 1 atom stereocenters. The monoisotopic (exact) mass is 415 g/mol. The van der Waals surface area contributed by atoms with Crippen LogP contribution in [0.4, 0.5) is 0 Å². The lowest BCUT2D eigenvalue weighted by Crippen LogP contribution is -2.33. The molecule has 8 heteroatoms. The zero-order chi connectivity index (χ0) is 18.6. The Morgan fingerprint density at radius 3 is 2.63 bits per heavy atom. The molecule has 1 saturated heterocycles. The average Bonchev–Trinajstić information content (AvgIpc) is 3.28. The highest BCUT2D eigenvalue weighted by Gasteiger charge is 2.25. The molecule has 1 aliphatic heterocycles. The van der Waals surface area contributed by atoms with Gasteiger partial charge in [0, 0.05) is 18.2 Å². The maximum absolute atomic E-state index is 12.7. The summed E-state index contributed by atoms with van der Waals surface area (Å²) in [6.45, 7) is 4.43. The van der Waals surface area contributed by atoms with Crippen LogP contribution < -0.4 is 15.4 Å². The summed E-state index contributed by atoms with van der Waals surface area (Å²) >= 11 is 0. The van der Waals surface area contributed by atoms with Gasteiger partial charge in [-0.2, -0.15) is 0 Å².